The van der Waals surface area contributed by atoms with Gasteiger partial charge in [-0.15, -0.1) is 0 Å². The second-order valence-corrected chi connectivity index (χ2v) is 4.09. The van der Waals surface area contributed by atoms with Crippen LogP contribution >= 0.6 is 11.8 Å². The van der Waals surface area contributed by atoms with Crippen LogP contribution in [-0.4, -0.2) is 26.9 Å². The SMILES string of the molecule is C[C@@H](SC(F)(F)F)C(=O)Nc1cn[nH]c1. The molecule has 4 nitrogen and oxygen atoms in total. The molecular formula is C7H8F3N3OS. The molecule has 0 radical (unpaired) electrons. The lowest BCUT2D eigenvalue weighted by Gasteiger charge is -2.12. The number of aromatic amines is 1. The van der Waals surface area contributed by atoms with Crippen LogP contribution < -0.4 is 5.32 Å². The van der Waals surface area contributed by atoms with Crippen molar-refractivity contribution < 1.29 is 18.0 Å². The van der Waals surface area contributed by atoms with Gasteiger partial charge in [0, 0.05) is 6.20 Å². The molecule has 0 saturated carbocycles. The maximum absolute atomic E-state index is 11.9. The van der Waals surface area contributed by atoms with E-state index in [1.807, 2.05) is 0 Å². The molecule has 0 aromatic carbocycles. The first-order valence-electron chi connectivity index (χ1n) is 3.92. The molecule has 0 spiro atoms. The molecule has 1 heterocycles. The predicted molar refractivity (Wildman–Crippen MR) is 50.3 cm³/mol. The number of H-pyrrole nitrogens is 1. The van der Waals surface area contributed by atoms with E-state index in [0.717, 1.165) is 0 Å². The Morgan fingerprint density at radius 3 is 2.80 bits per heavy atom. The van der Waals surface area contributed by atoms with E-state index in [-0.39, 0.29) is 11.8 Å². The monoisotopic (exact) mass is 239 g/mol. The molecule has 15 heavy (non-hydrogen) atoms. The summed E-state index contributed by atoms with van der Waals surface area (Å²) in [4.78, 5) is 11.2. The number of nitrogens with one attached hydrogen (secondary N) is 2. The molecule has 1 rings (SSSR count). The molecule has 0 unspecified atom stereocenters. The number of amides is 1. The first kappa shape index (κ1) is 11.9. The summed E-state index contributed by atoms with van der Waals surface area (Å²) in [6, 6.07) is 0. The number of aromatic nitrogens is 2. The summed E-state index contributed by atoms with van der Waals surface area (Å²) in [6.45, 7) is 1.19. The molecule has 0 saturated heterocycles. The summed E-state index contributed by atoms with van der Waals surface area (Å²) in [5.41, 5.74) is -4.07. The van der Waals surface area contributed by atoms with Crippen molar-refractivity contribution in [2.75, 3.05) is 5.32 Å². The number of carbonyl (C=O) groups excluding carboxylic acids is 1. The van der Waals surface area contributed by atoms with Crippen LogP contribution in [-0.2, 0) is 4.79 Å². The quantitative estimate of drug-likeness (QED) is 0.848. The van der Waals surface area contributed by atoms with Crippen molar-refractivity contribution in [3.63, 3.8) is 0 Å². The molecule has 0 aliphatic carbocycles. The highest BCUT2D eigenvalue weighted by Gasteiger charge is 2.34. The van der Waals surface area contributed by atoms with Gasteiger partial charge in [-0.2, -0.15) is 18.3 Å². The lowest BCUT2D eigenvalue weighted by molar-refractivity contribution is -0.115. The van der Waals surface area contributed by atoms with Gasteiger partial charge in [0.25, 0.3) is 0 Å². The maximum atomic E-state index is 11.9. The van der Waals surface area contributed by atoms with E-state index >= 15 is 0 Å². The van der Waals surface area contributed by atoms with Crippen LogP contribution in [0.4, 0.5) is 18.9 Å². The van der Waals surface area contributed by atoms with E-state index < -0.39 is 16.7 Å². The van der Waals surface area contributed by atoms with Gasteiger partial charge in [-0.1, -0.05) is 0 Å². The minimum absolute atomic E-state index is 0.342. The summed E-state index contributed by atoms with van der Waals surface area (Å²) in [6.07, 6.45) is 2.69. The third-order valence-corrected chi connectivity index (χ3v) is 2.28. The standard InChI is InChI=1S/C7H8F3N3OS/c1-4(15-7(8,9)10)6(14)13-5-2-11-12-3-5/h2-4H,1H3,(H,11,12)(H,13,14)/t4-/m1/s1. The summed E-state index contributed by atoms with van der Waals surface area (Å²) >= 11 is -0.356. The Morgan fingerprint density at radius 1 is 1.67 bits per heavy atom. The van der Waals surface area contributed by atoms with Gasteiger partial charge >= 0.3 is 5.51 Å². The van der Waals surface area contributed by atoms with Crippen molar-refractivity contribution in [1.29, 1.82) is 0 Å². The number of hydrogen-bond acceptors (Lipinski definition) is 3. The highest BCUT2D eigenvalue weighted by atomic mass is 32.2. The van der Waals surface area contributed by atoms with Gasteiger partial charge in [-0.25, -0.2) is 0 Å². The fourth-order valence-electron chi connectivity index (χ4n) is 0.817. The maximum Gasteiger partial charge on any atom is 0.442 e. The van der Waals surface area contributed by atoms with Crippen LogP contribution in [0.25, 0.3) is 0 Å². The van der Waals surface area contributed by atoms with Gasteiger partial charge in [-0.05, 0) is 18.7 Å². The minimum Gasteiger partial charge on any atom is -0.322 e. The van der Waals surface area contributed by atoms with Crippen molar-refractivity contribution in [1.82, 2.24) is 10.2 Å². The average Bonchev–Trinajstić information content (AvgIpc) is 2.53. The minimum atomic E-state index is -4.41. The Hall–Kier alpha value is -1.18. The number of halogens is 3. The highest BCUT2D eigenvalue weighted by Crippen LogP contribution is 2.34. The lowest BCUT2D eigenvalue weighted by atomic mass is 10.4. The number of nitrogens with zero attached hydrogens (tertiary/aromatic N) is 1. The van der Waals surface area contributed by atoms with Crippen molar-refractivity contribution in [2.24, 2.45) is 0 Å². The number of carbonyl (C=O) groups is 1. The molecule has 2 N–H and O–H groups in total. The molecule has 0 aliphatic heterocycles. The third kappa shape index (κ3) is 4.24. The van der Waals surface area contributed by atoms with Gasteiger partial charge in [0.2, 0.25) is 5.91 Å². The average molecular weight is 239 g/mol. The van der Waals surface area contributed by atoms with Gasteiger partial charge in [0.1, 0.15) is 0 Å². The Kier molecular flexibility index (Phi) is 3.61. The molecule has 0 fully saturated rings. The van der Waals surface area contributed by atoms with E-state index in [0.29, 0.717) is 5.69 Å². The van der Waals surface area contributed by atoms with Gasteiger partial charge in [-0.3, -0.25) is 9.89 Å². The van der Waals surface area contributed by atoms with E-state index in [4.69, 9.17) is 0 Å². The zero-order valence-electron chi connectivity index (χ0n) is 7.63. The Balaban J connectivity index is 2.47. The molecule has 1 amide bonds. The molecule has 0 bridgehead atoms. The number of thioether (sulfide) groups is 1. The van der Waals surface area contributed by atoms with Crippen molar-refractivity contribution in [3.05, 3.63) is 12.4 Å². The van der Waals surface area contributed by atoms with Crippen LogP contribution in [0.1, 0.15) is 6.92 Å². The first-order valence-corrected chi connectivity index (χ1v) is 4.80. The number of anilines is 1. The number of rotatable bonds is 3. The summed E-state index contributed by atoms with van der Waals surface area (Å²) < 4.78 is 35.7. The van der Waals surface area contributed by atoms with Crippen LogP contribution in [0.15, 0.2) is 12.4 Å². The molecule has 0 aliphatic rings. The highest BCUT2D eigenvalue weighted by molar-refractivity contribution is 8.01. The second-order valence-electron chi connectivity index (χ2n) is 2.68. The zero-order valence-corrected chi connectivity index (χ0v) is 8.45. The molecule has 1 atom stereocenters. The van der Waals surface area contributed by atoms with E-state index in [1.165, 1.54) is 19.3 Å². The van der Waals surface area contributed by atoms with Crippen LogP contribution in [0.5, 0.6) is 0 Å². The van der Waals surface area contributed by atoms with Crippen LogP contribution in [0, 0.1) is 0 Å². The van der Waals surface area contributed by atoms with Gasteiger partial charge < -0.3 is 5.32 Å². The summed E-state index contributed by atoms with van der Waals surface area (Å²) in [7, 11) is 0. The van der Waals surface area contributed by atoms with Gasteiger partial charge in [0.05, 0.1) is 17.1 Å². The lowest BCUT2D eigenvalue weighted by Crippen LogP contribution is -2.25. The van der Waals surface area contributed by atoms with Crippen molar-refractivity contribution >= 4 is 23.4 Å². The fraction of sp³-hybridized carbons (Fsp3) is 0.429. The summed E-state index contributed by atoms with van der Waals surface area (Å²) in [5.74, 6) is -0.710. The smallest absolute Gasteiger partial charge is 0.322 e. The zero-order chi connectivity index (χ0) is 11.5. The molecule has 84 valence electrons. The topological polar surface area (TPSA) is 57.8 Å². The van der Waals surface area contributed by atoms with Crippen LogP contribution in [0.2, 0.25) is 0 Å². The molecule has 1 aromatic rings. The van der Waals surface area contributed by atoms with E-state index in [1.54, 1.807) is 0 Å². The first-order chi connectivity index (χ1) is 6.88. The number of hydrogen-bond donors (Lipinski definition) is 2. The Morgan fingerprint density at radius 2 is 2.33 bits per heavy atom. The van der Waals surface area contributed by atoms with Gasteiger partial charge in [0.15, 0.2) is 0 Å². The van der Waals surface area contributed by atoms with Crippen molar-refractivity contribution in [3.8, 4) is 0 Å². The summed E-state index contributed by atoms with van der Waals surface area (Å²) in [5, 5.41) is 7.07. The molecular weight excluding hydrogens is 231 g/mol. The van der Waals surface area contributed by atoms with Crippen LogP contribution in [0.3, 0.4) is 0 Å². The second kappa shape index (κ2) is 4.56. The number of alkyl halides is 3. The molecule has 8 heteroatoms. The Bertz CT molecular complexity index is 325. The molecule has 1 aromatic heterocycles. The fourth-order valence-corrected chi connectivity index (χ4v) is 1.38. The van der Waals surface area contributed by atoms with E-state index in [9.17, 15) is 18.0 Å². The van der Waals surface area contributed by atoms with Crippen molar-refractivity contribution in [2.45, 2.75) is 17.7 Å². The Labute approximate surface area is 87.6 Å². The largest absolute Gasteiger partial charge is 0.442 e. The third-order valence-electron chi connectivity index (χ3n) is 1.45. The predicted octanol–water partition coefficient (Wildman–Crippen LogP) is 1.99. The van der Waals surface area contributed by atoms with E-state index in [2.05, 4.69) is 15.5 Å². The normalized spacial score (nSPS) is 13.6.